The molecule has 1 aromatic heterocycles. The van der Waals surface area contributed by atoms with Gasteiger partial charge >= 0.3 is 0 Å². The van der Waals surface area contributed by atoms with Crippen molar-refractivity contribution >= 4 is 17.7 Å². The van der Waals surface area contributed by atoms with Crippen LogP contribution in [-0.2, 0) is 4.79 Å². The van der Waals surface area contributed by atoms with E-state index in [1.807, 2.05) is 6.92 Å². The number of nitrogens with zero attached hydrogens (tertiary/aromatic N) is 2. The summed E-state index contributed by atoms with van der Waals surface area (Å²) in [6.45, 7) is 4.09. The van der Waals surface area contributed by atoms with E-state index in [0.717, 1.165) is 11.8 Å². The highest BCUT2D eigenvalue weighted by molar-refractivity contribution is 8.00. The Morgan fingerprint density at radius 1 is 1.29 bits per heavy atom. The molecule has 2 aliphatic rings. The molecular weight excluding hydrogens is 282 g/mol. The van der Waals surface area contributed by atoms with E-state index < -0.39 is 0 Å². The first-order chi connectivity index (χ1) is 10.1. The molecule has 0 aromatic carbocycles. The average Bonchev–Trinajstić information content (AvgIpc) is 3.11. The number of rotatable bonds is 5. The predicted molar refractivity (Wildman–Crippen MR) is 83.9 cm³/mol. The number of carbonyl (C=O) groups is 1. The molecule has 1 amide bonds. The van der Waals surface area contributed by atoms with Crippen molar-refractivity contribution in [1.29, 1.82) is 0 Å². The Hall–Kier alpha value is -1.10. The van der Waals surface area contributed by atoms with Gasteiger partial charge < -0.3 is 5.32 Å². The number of hydrogen-bond donors (Lipinski definition) is 1. The van der Waals surface area contributed by atoms with Crippen molar-refractivity contribution in [2.45, 2.75) is 56.0 Å². The van der Waals surface area contributed by atoms with Crippen LogP contribution in [-0.4, -0.2) is 27.2 Å². The van der Waals surface area contributed by atoms with Crippen LogP contribution in [0.25, 0.3) is 0 Å². The van der Waals surface area contributed by atoms with E-state index in [0.29, 0.717) is 11.1 Å². The Kier molecular flexibility index (Phi) is 4.48. The molecule has 114 valence electrons. The monoisotopic (exact) mass is 305 g/mol. The molecule has 3 rings (SSSR count). The zero-order valence-electron chi connectivity index (χ0n) is 12.7. The molecule has 5 unspecified atom stereocenters. The van der Waals surface area contributed by atoms with Crippen LogP contribution in [0, 0.1) is 17.8 Å². The van der Waals surface area contributed by atoms with Crippen LogP contribution in [0.5, 0.6) is 0 Å². The highest BCUT2D eigenvalue weighted by Crippen LogP contribution is 2.49. The summed E-state index contributed by atoms with van der Waals surface area (Å²) in [6, 6.07) is 2.07. The van der Waals surface area contributed by atoms with Crippen LogP contribution in [0.1, 0.15) is 39.5 Å². The third-order valence-electron chi connectivity index (χ3n) is 5.00. The zero-order valence-corrected chi connectivity index (χ0v) is 13.5. The number of hydrogen-bond acceptors (Lipinski definition) is 4. The molecule has 1 aromatic rings. The molecule has 4 nitrogen and oxygen atoms in total. The van der Waals surface area contributed by atoms with Gasteiger partial charge in [0.25, 0.3) is 0 Å². The minimum atomic E-state index is -0.159. The van der Waals surface area contributed by atoms with E-state index in [1.54, 1.807) is 18.5 Å². The van der Waals surface area contributed by atoms with Gasteiger partial charge in [-0.15, -0.1) is 0 Å². The Bertz CT molecular complexity index is 496. The lowest BCUT2D eigenvalue weighted by Gasteiger charge is -2.29. The number of carbonyl (C=O) groups excluding carboxylic acids is 1. The van der Waals surface area contributed by atoms with E-state index in [1.165, 1.54) is 37.4 Å². The Balaban J connectivity index is 1.51. The van der Waals surface area contributed by atoms with Crippen molar-refractivity contribution in [2.24, 2.45) is 17.8 Å². The van der Waals surface area contributed by atoms with Crippen LogP contribution in [0.15, 0.2) is 23.6 Å². The first-order valence-corrected chi connectivity index (χ1v) is 8.75. The molecule has 0 spiro atoms. The van der Waals surface area contributed by atoms with Gasteiger partial charge in [0.2, 0.25) is 5.91 Å². The van der Waals surface area contributed by atoms with Crippen molar-refractivity contribution in [3.05, 3.63) is 18.5 Å². The van der Waals surface area contributed by atoms with Crippen LogP contribution >= 0.6 is 11.8 Å². The van der Waals surface area contributed by atoms with E-state index >= 15 is 0 Å². The molecule has 2 fully saturated rings. The fourth-order valence-electron chi connectivity index (χ4n) is 3.91. The molecule has 0 radical (unpaired) electrons. The molecule has 1 heterocycles. The summed E-state index contributed by atoms with van der Waals surface area (Å²) < 4.78 is 0. The maximum atomic E-state index is 12.3. The zero-order chi connectivity index (χ0) is 14.8. The summed E-state index contributed by atoms with van der Waals surface area (Å²) >= 11 is 1.42. The molecule has 2 aliphatic carbocycles. The fourth-order valence-corrected chi connectivity index (χ4v) is 4.65. The lowest BCUT2D eigenvalue weighted by Crippen LogP contribution is -2.43. The molecular formula is C16H23N3OS. The van der Waals surface area contributed by atoms with Crippen LogP contribution in [0.2, 0.25) is 0 Å². The van der Waals surface area contributed by atoms with Crippen molar-refractivity contribution in [2.75, 3.05) is 0 Å². The van der Waals surface area contributed by atoms with Crippen LogP contribution < -0.4 is 5.32 Å². The normalized spacial score (nSPS) is 30.1. The number of nitrogens with one attached hydrogen (secondary N) is 1. The van der Waals surface area contributed by atoms with Crippen molar-refractivity contribution < 1.29 is 4.79 Å². The second-order valence-corrected chi connectivity index (χ2v) is 7.74. The van der Waals surface area contributed by atoms with Gasteiger partial charge in [0.15, 0.2) is 5.16 Å². The van der Waals surface area contributed by atoms with E-state index in [4.69, 9.17) is 0 Å². The number of fused-ring (bicyclic) bond motifs is 2. The van der Waals surface area contributed by atoms with E-state index in [2.05, 4.69) is 22.2 Å². The summed E-state index contributed by atoms with van der Waals surface area (Å²) in [6.07, 6.45) is 8.86. The minimum Gasteiger partial charge on any atom is -0.352 e. The molecule has 5 heteroatoms. The smallest absolute Gasteiger partial charge is 0.233 e. The molecule has 21 heavy (non-hydrogen) atoms. The summed E-state index contributed by atoms with van der Waals surface area (Å²) in [5, 5.41) is 3.71. The highest BCUT2D eigenvalue weighted by Gasteiger charge is 2.42. The maximum absolute atomic E-state index is 12.3. The lowest BCUT2D eigenvalue weighted by atomic mass is 9.84. The van der Waals surface area contributed by atoms with E-state index in [9.17, 15) is 4.79 Å². The molecule has 0 aliphatic heterocycles. The van der Waals surface area contributed by atoms with Gasteiger partial charge in [-0.25, -0.2) is 9.97 Å². The third-order valence-corrected chi connectivity index (χ3v) is 5.99. The summed E-state index contributed by atoms with van der Waals surface area (Å²) in [5.74, 6) is 2.54. The minimum absolute atomic E-state index is 0.0997. The van der Waals surface area contributed by atoms with Gasteiger partial charge in [-0.1, -0.05) is 18.2 Å². The van der Waals surface area contributed by atoms with Gasteiger partial charge in [0.05, 0.1) is 5.25 Å². The number of amides is 1. The quantitative estimate of drug-likeness (QED) is 0.671. The SMILES string of the molecule is CC(Sc1ncccn1)C(=O)NC(C)C1CC2CCC1C2. The molecule has 1 N–H and O–H groups in total. The van der Waals surface area contributed by atoms with Crippen molar-refractivity contribution in [1.82, 2.24) is 15.3 Å². The number of thioether (sulfide) groups is 1. The van der Waals surface area contributed by atoms with Gasteiger partial charge in [-0.3, -0.25) is 4.79 Å². The molecule has 2 saturated carbocycles. The van der Waals surface area contributed by atoms with Gasteiger partial charge in [-0.05, 0) is 56.9 Å². The lowest BCUT2D eigenvalue weighted by molar-refractivity contribution is -0.121. The standard InChI is InChI=1S/C16H23N3OS/c1-10(14-9-12-4-5-13(14)8-12)19-15(20)11(2)21-16-17-6-3-7-18-16/h3,6-7,10-14H,4-5,8-9H2,1-2H3,(H,19,20). The Labute approximate surface area is 130 Å². The van der Waals surface area contributed by atoms with Crippen LogP contribution in [0.4, 0.5) is 0 Å². The van der Waals surface area contributed by atoms with Crippen LogP contribution in [0.3, 0.4) is 0 Å². The molecule has 2 bridgehead atoms. The largest absolute Gasteiger partial charge is 0.352 e. The summed E-state index contributed by atoms with van der Waals surface area (Å²) in [4.78, 5) is 20.7. The fraction of sp³-hybridized carbons (Fsp3) is 0.688. The first-order valence-electron chi connectivity index (χ1n) is 7.87. The third kappa shape index (κ3) is 3.39. The van der Waals surface area contributed by atoms with Crippen molar-refractivity contribution in [3.8, 4) is 0 Å². The second-order valence-electron chi connectivity index (χ2n) is 6.43. The maximum Gasteiger partial charge on any atom is 0.233 e. The van der Waals surface area contributed by atoms with Crippen molar-refractivity contribution in [3.63, 3.8) is 0 Å². The summed E-state index contributed by atoms with van der Waals surface area (Å²) in [7, 11) is 0. The highest BCUT2D eigenvalue weighted by atomic mass is 32.2. The molecule has 5 atom stereocenters. The second kappa shape index (κ2) is 6.34. The average molecular weight is 305 g/mol. The van der Waals surface area contributed by atoms with Gasteiger partial charge in [0, 0.05) is 18.4 Å². The first kappa shape index (κ1) is 14.8. The molecule has 0 saturated heterocycles. The predicted octanol–water partition coefficient (Wildman–Crippen LogP) is 2.90. The topological polar surface area (TPSA) is 54.9 Å². The number of aromatic nitrogens is 2. The summed E-state index contributed by atoms with van der Waals surface area (Å²) in [5.41, 5.74) is 0. The van der Waals surface area contributed by atoms with Gasteiger partial charge in [0.1, 0.15) is 0 Å². The Morgan fingerprint density at radius 2 is 2.05 bits per heavy atom. The van der Waals surface area contributed by atoms with E-state index in [-0.39, 0.29) is 17.2 Å². The van der Waals surface area contributed by atoms with Gasteiger partial charge in [-0.2, -0.15) is 0 Å². The Morgan fingerprint density at radius 3 is 2.67 bits per heavy atom.